The maximum atomic E-state index is 12.8. The summed E-state index contributed by atoms with van der Waals surface area (Å²) in [6.07, 6.45) is 0.495. The van der Waals surface area contributed by atoms with Crippen molar-refractivity contribution in [2.75, 3.05) is 13.2 Å². The third-order valence-corrected chi connectivity index (χ3v) is 5.94. The first-order valence-corrected chi connectivity index (χ1v) is 11.7. The number of nitrogens with one attached hydrogen (secondary N) is 2. The molecule has 0 radical (unpaired) electrons. The van der Waals surface area contributed by atoms with Gasteiger partial charge in [0.05, 0.1) is 23.6 Å². The van der Waals surface area contributed by atoms with Gasteiger partial charge in [-0.1, -0.05) is 0 Å². The summed E-state index contributed by atoms with van der Waals surface area (Å²) in [5.41, 5.74) is 4.53. The van der Waals surface area contributed by atoms with Crippen LogP contribution in [0.15, 0.2) is 33.9 Å². The molecule has 1 aliphatic rings. The van der Waals surface area contributed by atoms with E-state index in [-0.39, 0.29) is 30.9 Å². The van der Waals surface area contributed by atoms with Crippen molar-refractivity contribution in [2.24, 2.45) is 0 Å². The maximum Gasteiger partial charge on any atom is 0.338 e. The first-order valence-electron chi connectivity index (χ1n) is 11.7. The summed E-state index contributed by atoms with van der Waals surface area (Å²) in [6.45, 7) is 9.01. The van der Waals surface area contributed by atoms with Crippen LogP contribution < -0.4 is 10.6 Å². The van der Waals surface area contributed by atoms with Crippen molar-refractivity contribution in [1.82, 2.24) is 25.2 Å². The second-order valence-corrected chi connectivity index (χ2v) is 8.57. The molecule has 36 heavy (non-hydrogen) atoms. The Labute approximate surface area is 207 Å². The van der Waals surface area contributed by atoms with E-state index in [4.69, 9.17) is 13.9 Å². The number of carbonyl (C=O) groups excluding carboxylic acids is 3. The number of hydrogen-bond acceptors (Lipinski definition) is 8. The Balaban J connectivity index is 1.50. The van der Waals surface area contributed by atoms with Gasteiger partial charge in [-0.3, -0.25) is 4.79 Å². The molecule has 3 aromatic rings. The molecule has 4 heterocycles. The van der Waals surface area contributed by atoms with E-state index < -0.39 is 24.0 Å². The van der Waals surface area contributed by atoms with Crippen LogP contribution in [-0.2, 0) is 25.5 Å². The largest absolute Gasteiger partial charge is 0.464 e. The minimum Gasteiger partial charge on any atom is -0.464 e. The molecule has 0 aliphatic carbocycles. The molecule has 11 heteroatoms. The molecule has 0 fully saturated rings. The maximum absolute atomic E-state index is 12.8. The molecule has 4 rings (SSSR count). The van der Waals surface area contributed by atoms with Gasteiger partial charge in [0.25, 0.3) is 0 Å². The number of urea groups is 1. The average molecular weight is 496 g/mol. The molecule has 0 saturated heterocycles. The Morgan fingerprint density at radius 3 is 2.64 bits per heavy atom. The number of aromatic nitrogens is 3. The first-order chi connectivity index (χ1) is 17.2. The summed E-state index contributed by atoms with van der Waals surface area (Å²) < 4.78 is 18.1. The Bertz CT molecular complexity index is 1370. The van der Waals surface area contributed by atoms with E-state index >= 15 is 0 Å². The lowest BCUT2D eigenvalue weighted by atomic mass is 10.0. The van der Waals surface area contributed by atoms with Gasteiger partial charge in [0.15, 0.2) is 5.65 Å². The van der Waals surface area contributed by atoms with Crippen molar-refractivity contribution in [3.05, 3.63) is 63.6 Å². The van der Waals surface area contributed by atoms with Crippen molar-refractivity contribution >= 4 is 23.6 Å². The summed E-state index contributed by atoms with van der Waals surface area (Å²) in [7, 11) is 0. The van der Waals surface area contributed by atoms with Crippen molar-refractivity contribution in [1.29, 1.82) is 0 Å². The van der Waals surface area contributed by atoms with Gasteiger partial charge in [0, 0.05) is 23.9 Å². The monoisotopic (exact) mass is 495 g/mol. The van der Waals surface area contributed by atoms with Crippen LogP contribution in [0.3, 0.4) is 0 Å². The van der Waals surface area contributed by atoms with Gasteiger partial charge in [-0.15, -0.1) is 0 Å². The summed E-state index contributed by atoms with van der Waals surface area (Å²) in [4.78, 5) is 42.3. The molecule has 0 bridgehead atoms. The van der Waals surface area contributed by atoms with Gasteiger partial charge < -0.3 is 24.5 Å². The number of amides is 2. The van der Waals surface area contributed by atoms with Gasteiger partial charge in [0.2, 0.25) is 0 Å². The topological polar surface area (TPSA) is 137 Å². The highest BCUT2D eigenvalue weighted by Gasteiger charge is 2.36. The summed E-state index contributed by atoms with van der Waals surface area (Å²) in [6, 6.07) is 3.88. The molecule has 2 amide bonds. The predicted molar refractivity (Wildman–Crippen MR) is 128 cm³/mol. The number of nitrogens with zero attached hydrogens (tertiary/aromatic N) is 3. The fraction of sp³-hybridized carbons (Fsp3) is 0.400. The molecule has 2 N–H and O–H groups in total. The van der Waals surface area contributed by atoms with E-state index in [1.807, 2.05) is 26.8 Å². The zero-order chi connectivity index (χ0) is 26.0. The number of furan rings is 1. The molecule has 1 unspecified atom stereocenters. The number of aryl methyl sites for hydroxylation is 4. The third kappa shape index (κ3) is 5.09. The van der Waals surface area contributed by atoms with Crippen molar-refractivity contribution < 1.29 is 28.3 Å². The van der Waals surface area contributed by atoms with E-state index in [0.29, 0.717) is 17.9 Å². The van der Waals surface area contributed by atoms with Crippen molar-refractivity contribution in [3.63, 3.8) is 0 Å². The molecule has 11 nitrogen and oxygen atoms in total. The van der Waals surface area contributed by atoms with Gasteiger partial charge in [-0.05, 0) is 58.7 Å². The number of carbonyl (C=O) groups is 3. The normalized spacial score (nSPS) is 15.6. The summed E-state index contributed by atoms with van der Waals surface area (Å²) in [5, 5.41) is 9.69. The minimum atomic E-state index is -0.874. The van der Waals surface area contributed by atoms with Crippen LogP contribution in [0.1, 0.15) is 53.6 Å². The van der Waals surface area contributed by atoms with E-state index in [1.165, 1.54) is 0 Å². The lowest BCUT2D eigenvalue weighted by Gasteiger charge is -2.27. The predicted octanol–water partition coefficient (Wildman–Crippen LogP) is 2.90. The van der Waals surface area contributed by atoms with Crippen LogP contribution in [0.25, 0.3) is 5.65 Å². The second-order valence-electron chi connectivity index (χ2n) is 8.57. The van der Waals surface area contributed by atoms with Crippen LogP contribution in [0.2, 0.25) is 0 Å². The van der Waals surface area contributed by atoms with Gasteiger partial charge >= 0.3 is 18.0 Å². The Morgan fingerprint density at radius 2 is 1.94 bits per heavy atom. The zero-order valence-electron chi connectivity index (χ0n) is 20.9. The number of hydrogen-bond donors (Lipinski definition) is 2. The van der Waals surface area contributed by atoms with Crippen molar-refractivity contribution in [3.8, 4) is 0 Å². The van der Waals surface area contributed by atoms with Crippen LogP contribution in [-0.4, -0.2) is 45.8 Å². The standard InChI is InChI=1S/C25H29N5O6/c1-6-34-24(32)22-18(27-25(33)28-23(22)19-9-7-14(3)36-19)12-35-21(31)10-8-17-15(4)26-20-11-13(2)29-30(20)16(17)5/h7,9,11,23H,6,8,10,12H2,1-5H3,(H2,27,28,33). The van der Waals surface area contributed by atoms with Crippen LogP contribution >= 0.6 is 0 Å². The van der Waals surface area contributed by atoms with Crippen LogP contribution in [0.5, 0.6) is 0 Å². The second kappa shape index (κ2) is 10.2. The number of fused-ring (bicyclic) bond motifs is 1. The van der Waals surface area contributed by atoms with Gasteiger partial charge in [-0.25, -0.2) is 19.1 Å². The van der Waals surface area contributed by atoms with E-state index in [9.17, 15) is 14.4 Å². The highest BCUT2D eigenvalue weighted by Crippen LogP contribution is 2.29. The van der Waals surface area contributed by atoms with E-state index in [1.54, 1.807) is 30.5 Å². The molecule has 0 spiro atoms. The average Bonchev–Trinajstić information content (AvgIpc) is 3.42. The fourth-order valence-corrected chi connectivity index (χ4v) is 4.26. The lowest BCUT2D eigenvalue weighted by molar-refractivity contribution is -0.143. The molecular weight excluding hydrogens is 466 g/mol. The van der Waals surface area contributed by atoms with Crippen molar-refractivity contribution in [2.45, 2.75) is 53.5 Å². The molecule has 190 valence electrons. The third-order valence-electron chi connectivity index (χ3n) is 5.94. The molecule has 3 aromatic heterocycles. The minimum absolute atomic E-state index is 0.0874. The molecule has 1 aliphatic heterocycles. The van der Waals surface area contributed by atoms with Crippen LogP contribution in [0, 0.1) is 27.7 Å². The quantitative estimate of drug-likeness (QED) is 0.455. The SMILES string of the molecule is CCOC(=O)C1=C(COC(=O)CCc2c(C)nc3cc(C)nn3c2C)NC(=O)NC1c1ccc(C)o1. The molecule has 1 atom stereocenters. The van der Waals surface area contributed by atoms with Gasteiger partial charge in [0.1, 0.15) is 24.2 Å². The number of esters is 2. The summed E-state index contributed by atoms with van der Waals surface area (Å²) >= 11 is 0. The van der Waals surface area contributed by atoms with Crippen LogP contribution in [0.4, 0.5) is 4.79 Å². The highest BCUT2D eigenvalue weighted by atomic mass is 16.5. The Hall–Kier alpha value is -4.15. The number of ether oxygens (including phenoxy) is 2. The zero-order valence-corrected chi connectivity index (χ0v) is 20.9. The molecular formula is C25H29N5O6. The molecule has 0 aromatic carbocycles. The van der Waals surface area contributed by atoms with Gasteiger partial charge in [-0.2, -0.15) is 5.10 Å². The van der Waals surface area contributed by atoms with E-state index in [2.05, 4.69) is 20.7 Å². The molecule has 0 saturated carbocycles. The fourth-order valence-electron chi connectivity index (χ4n) is 4.26. The smallest absolute Gasteiger partial charge is 0.338 e. The Kier molecular flexibility index (Phi) is 7.09. The highest BCUT2D eigenvalue weighted by molar-refractivity contribution is 5.95. The van der Waals surface area contributed by atoms with E-state index in [0.717, 1.165) is 28.3 Å². The Morgan fingerprint density at radius 1 is 1.17 bits per heavy atom. The first kappa shape index (κ1) is 25.0. The number of rotatable bonds is 8. The summed E-state index contributed by atoms with van der Waals surface area (Å²) in [5.74, 6) is -0.135. The lowest BCUT2D eigenvalue weighted by Crippen LogP contribution is -2.47.